The van der Waals surface area contributed by atoms with E-state index in [-0.39, 0.29) is 6.10 Å². The van der Waals surface area contributed by atoms with Gasteiger partial charge in [-0.05, 0) is 49.3 Å². The first kappa shape index (κ1) is 12.3. The third-order valence-electron chi connectivity index (χ3n) is 3.90. The standard InChI is InChI=1S/C15H21N3O/c1-9-5-10(2)7-12(6-9)19-15-17-13-4-3-11(16)8-14(13)18-15/h3-4,8-10,12H,5-7,16H2,1-2H3,(H,17,18). The second kappa shape index (κ2) is 4.76. The summed E-state index contributed by atoms with van der Waals surface area (Å²) in [5, 5.41) is 0. The average Bonchev–Trinajstić information content (AvgIpc) is 2.68. The maximum absolute atomic E-state index is 6.01. The van der Waals surface area contributed by atoms with E-state index in [4.69, 9.17) is 10.5 Å². The van der Waals surface area contributed by atoms with Crippen LogP contribution in [-0.4, -0.2) is 16.1 Å². The normalized spacial score (nSPS) is 27.6. The number of nitrogens with zero attached hydrogens (tertiary/aromatic N) is 1. The van der Waals surface area contributed by atoms with Crippen molar-refractivity contribution in [2.45, 2.75) is 39.2 Å². The highest BCUT2D eigenvalue weighted by Gasteiger charge is 2.25. The van der Waals surface area contributed by atoms with Crippen LogP contribution in [0.4, 0.5) is 5.69 Å². The lowest BCUT2D eigenvalue weighted by Gasteiger charge is -2.30. The summed E-state index contributed by atoms with van der Waals surface area (Å²) in [7, 11) is 0. The Hall–Kier alpha value is -1.71. The number of hydrogen-bond donors (Lipinski definition) is 2. The molecule has 4 heteroatoms. The molecule has 3 N–H and O–H groups in total. The summed E-state index contributed by atoms with van der Waals surface area (Å²) in [6.45, 7) is 4.59. The minimum absolute atomic E-state index is 0.275. The van der Waals surface area contributed by atoms with E-state index in [9.17, 15) is 0 Å². The average molecular weight is 259 g/mol. The van der Waals surface area contributed by atoms with E-state index in [2.05, 4.69) is 23.8 Å². The van der Waals surface area contributed by atoms with Gasteiger partial charge in [0.2, 0.25) is 0 Å². The summed E-state index contributed by atoms with van der Waals surface area (Å²) in [5.74, 6) is 1.46. The van der Waals surface area contributed by atoms with Crippen LogP contribution in [0.25, 0.3) is 11.0 Å². The van der Waals surface area contributed by atoms with Gasteiger partial charge in [0.1, 0.15) is 6.10 Å². The van der Waals surface area contributed by atoms with Crippen molar-refractivity contribution in [2.24, 2.45) is 11.8 Å². The minimum atomic E-state index is 0.275. The van der Waals surface area contributed by atoms with E-state index in [1.165, 1.54) is 6.42 Å². The largest absolute Gasteiger partial charge is 0.461 e. The fraction of sp³-hybridized carbons (Fsp3) is 0.533. The third kappa shape index (κ3) is 2.67. The maximum Gasteiger partial charge on any atom is 0.294 e. The van der Waals surface area contributed by atoms with Crippen molar-refractivity contribution >= 4 is 16.7 Å². The number of H-pyrrole nitrogens is 1. The zero-order chi connectivity index (χ0) is 13.4. The fourth-order valence-electron chi connectivity index (χ4n) is 3.19. The Morgan fingerprint density at radius 2 is 1.95 bits per heavy atom. The van der Waals surface area contributed by atoms with Gasteiger partial charge in [-0.1, -0.05) is 13.8 Å². The van der Waals surface area contributed by atoms with E-state index >= 15 is 0 Å². The Kier molecular flexibility index (Phi) is 3.09. The Morgan fingerprint density at radius 3 is 2.68 bits per heavy atom. The smallest absolute Gasteiger partial charge is 0.294 e. The highest BCUT2D eigenvalue weighted by molar-refractivity contribution is 5.79. The van der Waals surface area contributed by atoms with Gasteiger partial charge in [-0.2, -0.15) is 4.98 Å². The number of nitrogens with one attached hydrogen (secondary N) is 1. The molecule has 1 aliphatic rings. The first-order valence-electron chi connectivity index (χ1n) is 7.02. The molecular formula is C15H21N3O. The molecular weight excluding hydrogens is 238 g/mol. The number of fused-ring (bicyclic) bond motifs is 1. The van der Waals surface area contributed by atoms with Crippen LogP contribution >= 0.6 is 0 Å². The zero-order valence-corrected chi connectivity index (χ0v) is 11.5. The third-order valence-corrected chi connectivity index (χ3v) is 3.90. The number of aromatic nitrogens is 2. The molecule has 3 rings (SSSR count). The SMILES string of the molecule is CC1CC(C)CC(Oc2nc3ccc(N)cc3[nH]2)C1. The van der Waals surface area contributed by atoms with Crippen LogP contribution < -0.4 is 10.5 Å². The van der Waals surface area contributed by atoms with Crippen molar-refractivity contribution in [2.75, 3.05) is 5.73 Å². The second-order valence-corrected chi connectivity index (χ2v) is 5.98. The number of rotatable bonds is 2. The molecule has 1 fully saturated rings. The molecule has 0 aliphatic heterocycles. The molecule has 4 nitrogen and oxygen atoms in total. The molecule has 1 heterocycles. The molecule has 102 valence electrons. The molecule has 2 unspecified atom stereocenters. The Bertz CT molecular complexity index is 568. The minimum Gasteiger partial charge on any atom is -0.461 e. The van der Waals surface area contributed by atoms with Crippen molar-refractivity contribution in [3.63, 3.8) is 0 Å². The first-order valence-corrected chi connectivity index (χ1v) is 7.02. The molecule has 0 amide bonds. The summed E-state index contributed by atoms with van der Waals surface area (Å²) in [5.41, 5.74) is 8.34. The molecule has 19 heavy (non-hydrogen) atoms. The second-order valence-electron chi connectivity index (χ2n) is 5.98. The lowest BCUT2D eigenvalue weighted by Crippen LogP contribution is -2.28. The molecule has 2 atom stereocenters. The molecule has 0 spiro atoms. The van der Waals surface area contributed by atoms with Crippen molar-refractivity contribution in [1.29, 1.82) is 0 Å². The molecule has 1 aromatic carbocycles. The predicted octanol–water partition coefficient (Wildman–Crippen LogP) is 3.35. The molecule has 0 saturated heterocycles. The number of benzene rings is 1. The number of nitrogens with two attached hydrogens (primary N) is 1. The van der Waals surface area contributed by atoms with Gasteiger partial charge in [0.15, 0.2) is 0 Å². The molecule has 1 saturated carbocycles. The van der Waals surface area contributed by atoms with Gasteiger partial charge in [-0.3, -0.25) is 0 Å². The Balaban J connectivity index is 1.77. The van der Waals surface area contributed by atoms with Gasteiger partial charge in [0.05, 0.1) is 11.0 Å². The highest BCUT2D eigenvalue weighted by atomic mass is 16.5. The van der Waals surface area contributed by atoms with Gasteiger partial charge in [0, 0.05) is 5.69 Å². The van der Waals surface area contributed by atoms with Gasteiger partial charge in [0.25, 0.3) is 6.01 Å². The first-order chi connectivity index (χ1) is 9.10. The van der Waals surface area contributed by atoms with Crippen LogP contribution in [0.3, 0.4) is 0 Å². The highest BCUT2D eigenvalue weighted by Crippen LogP contribution is 2.31. The van der Waals surface area contributed by atoms with E-state index in [0.29, 0.717) is 6.01 Å². The number of aromatic amines is 1. The van der Waals surface area contributed by atoms with Crippen LogP contribution in [0.2, 0.25) is 0 Å². The summed E-state index contributed by atoms with van der Waals surface area (Å²) >= 11 is 0. The van der Waals surface area contributed by atoms with E-state index < -0.39 is 0 Å². The van der Waals surface area contributed by atoms with Crippen LogP contribution in [0, 0.1) is 11.8 Å². The Morgan fingerprint density at radius 1 is 1.21 bits per heavy atom. The quantitative estimate of drug-likeness (QED) is 0.813. The number of hydrogen-bond acceptors (Lipinski definition) is 3. The van der Waals surface area contributed by atoms with Crippen LogP contribution in [0.1, 0.15) is 33.1 Å². The van der Waals surface area contributed by atoms with Crippen molar-refractivity contribution in [1.82, 2.24) is 9.97 Å². The number of anilines is 1. The number of ether oxygens (including phenoxy) is 1. The summed E-state index contributed by atoms with van der Waals surface area (Å²) in [6.07, 6.45) is 3.81. The summed E-state index contributed by atoms with van der Waals surface area (Å²) in [4.78, 5) is 7.66. The summed E-state index contributed by atoms with van der Waals surface area (Å²) in [6, 6.07) is 6.28. The monoisotopic (exact) mass is 259 g/mol. The zero-order valence-electron chi connectivity index (χ0n) is 11.5. The van der Waals surface area contributed by atoms with Crippen LogP contribution in [0.5, 0.6) is 6.01 Å². The lowest BCUT2D eigenvalue weighted by atomic mass is 9.82. The topological polar surface area (TPSA) is 63.9 Å². The molecule has 0 radical (unpaired) electrons. The predicted molar refractivity (Wildman–Crippen MR) is 77.1 cm³/mol. The Labute approximate surface area is 113 Å². The number of nitrogen functional groups attached to an aromatic ring is 1. The van der Waals surface area contributed by atoms with Gasteiger partial charge in [-0.25, -0.2) is 0 Å². The molecule has 1 aromatic heterocycles. The fourth-order valence-corrected chi connectivity index (χ4v) is 3.19. The molecule has 2 aromatic rings. The van der Waals surface area contributed by atoms with Crippen molar-refractivity contribution in [3.8, 4) is 6.01 Å². The van der Waals surface area contributed by atoms with Gasteiger partial charge < -0.3 is 15.5 Å². The van der Waals surface area contributed by atoms with Crippen molar-refractivity contribution in [3.05, 3.63) is 18.2 Å². The number of imidazole rings is 1. The molecule has 1 aliphatic carbocycles. The van der Waals surface area contributed by atoms with Crippen LogP contribution in [-0.2, 0) is 0 Å². The van der Waals surface area contributed by atoms with Crippen LogP contribution in [0.15, 0.2) is 18.2 Å². The summed E-state index contributed by atoms with van der Waals surface area (Å²) < 4.78 is 6.01. The van der Waals surface area contributed by atoms with Gasteiger partial charge >= 0.3 is 0 Å². The van der Waals surface area contributed by atoms with E-state index in [1.807, 2.05) is 18.2 Å². The lowest BCUT2D eigenvalue weighted by molar-refractivity contribution is 0.0932. The maximum atomic E-state index is 6.01. The molecule has 0 bridgehead atoms. The van der Waals surface area contributed by atoms with E-state index in [0.717, 1.165) is 41.4 Å². The van der Waals surface area contributed by atoms with Gasteiger partial charge in [-0.15, -0.1) is 0 Å². The van der Waals surface area contributed by atoms with Crippen molar-refractivity contribution < 1.29 is 4.74 Å². The van der Waals surface area contributed by atoms with E-state index in [1.54, 1.807) is 0 Å².